The van der Waals surface area contributed by atoms with E-state index in [-0.39, 0.29) is 6.61 Å². The zero-order chi connectivity index (χ0) is 16.8. The highest BCUT2D eigenvalue weighted by Crippen LogP contribution is 2.22. The summed E-state index contributed by atoms with van der Waals surface area (Å²) in [4.78, 5) is 6.49. The minimum absolute atomic E-state index is 0.0599. The lowest BCUT2D eigenvalue weighted by Gasteiger charge is -2.20. The van der Waals surface area contributed by atoms with E-state index in [1.54, 1.807) is 18.4 Å². The standard InChI is InChI=1S/C17H19N3O3S/c1-22-15-5-3-2-4-13(15)10-20(7-8-21)11-16-18-17(23-19-16)14-6-9-24-12-14/h2-6,9,12,21H,7-8,10-11H2,1H3. The molecule has 2 heterocycles. The van der Waals surface area contributed by atoms with Gasteiger partial charge in [0.05, 0.1) is 25.8 Å². The molecule has 24 heavy (non-hydrogen) atoms. The fourth-order valence-electron chi connectivity index (χ4n) is 2.45. The van der Waals surface area contributed by atoms with Crippen LogP contribution in [0.15, 0.2) is 45.6 Å². The SMILES string of the molecule is COc1ccccc1CN(CCO)Cc1noc(-c2ccsc2)n1. The molecule has 0 aliphatic carbocycles. The monoisotopic (exact) mass is 345 g/mol. The van der Waals surface area contributed by atoms with Crippen LogP contribution in [0.5, 0.6) is 5.75 Å². The van der Waals surface area contributed by atoms with Crippen LogP contribution in [0.4, 0.5) is 0 Å². The van der Waals surface area contributed by atoms with Crippen LogP contribution < -0.4 is 4.74 Å². The first-order chi connectivity index (χ1) is 11.8. The quantitative estimate of drug-likeness (QED) is 0.677. The number of ether oxygens (including phenoxy) is 1. The number of thiophene rings is 1. The van der Waals surface area contributed by atoms with Gasteiger partial charge in [-0.15, -0.1) is 0 Å². The van der Waals surface area contributed by atoms with Crippen LogP contribution in [0.1, 0.15) is 11.4 Å². The van der Waals surface area contributed by atoms with E-state index in [2.05, 4.69) is 15.0 Å². The van der Waals surface area contributed by atoms with Crippen LogP contribution in [-0.4, -0.2) is 40.4 Å². The number of para-hydroxylation sites is 1. The summed E-state index contributed by atoms with van der Waals surface area (Å²) in [7, 11) is 1.65. The molecule has 0 aliphatic rings. The van der Waals surface area contributed by atoms with Gasteiger partial charge >= 0.3 is 0 Å². The zero-order valence-corrected chi connectivity index (χ0v) is 14.2. The molecule has 1 N–H and O–H groups in total. The van der Waals surface area contributed by atoms with Crippen molar-refractivity contribution in [3.63, 3.8) is 0 Å². The molecule has 0 aliphatic heterocycles. The number of methoxy groups -OCH3 is 1. The number of aromatic nitrogens is 2. The molecule has 1 aromatic carbocycles. The van der Waals surface area contributed by atoms with Crippen LogP contribution in [0.25, 0.3) is 11.5 Å². The Labute approximate surface area is 144 Å². The summed E-state index contributed by atoms with van der Waals surface area (Å²) in [6.45, 7) is 1.70. The summed E-state index contributed by atoms with van der Waals surface area (Å²) in [5, 5.41) is 17.3. The fraction of sp³-hybridized carbons (Fsp3) is 0.294. The second-order valence-electron chi connectivity index (χ2n) is 5.27. The lowest BCUT2D eigenvalue weighted by molar-refractivity contribution is 0.178. The smallest absolute Gasteiger partial charge is 0.258 e. The summed E-state index contributed by atoms with van der Waals surface area (Å²) < 4.78 is 10.7. The van der Waals surface area contributed by atoms with Crippen molar-refractivity contribution >= 4 is 11.3 Å². The normalized spacial score (nSPS) is 11.1. The predicted octanol–water partition coefficient (Wildman–Crippen LogP) is 2.80. The maximum absolute atomic E-state index is 9.34. The van der Waals surface area contributed by atoms with E-state index in [4.69, 9.17) is 9.26 Å². The first-order valence-corrected chi connectivity index (χ1v) is 8.54. The highest BCUT2D eigenvalue weighted by Gasteiger charge is 2.15. The third kappa shape index (κ3) is 4.00. The van der Waals surface area contributed by atoms with Crippen LogP contribution in [0.3, 0.4) is 0 Å². The van der Waals surface area contributed by atoms with Gasteiger partial charge in [0.2, 0.25) is 0 Å². The van der Waals surface area contributed by atoms with Crippen LogP contribution >= 0.6 is 11.3 Å². The Morgan fingerprint density at radius 3 is 2.88 bits per heavy atom. The predicted molar refractivity (Wildman–Crippen MR) is 91.8 cm³/mol. The maximum atomic E-state index is 9.34. The van der Waals surface area contributed by atoms with Gasteiger partial charge in [-0.1, -0.05) is 23.4 Å². The molecular weight excluding hydrogens is 326 g/mol. The van der Waals surface area contributed by atoms with E-state index in [0.29, 0.717) is 31.3 Å². The van der Waals surface area contributed by atoms with E-state index < -0.39 is 0 Å². The minimum Gasteiger partial charge on any atom is -0.496 e. The van der Waals surface area contributed by atoms with Gasteiger partial charge in [-0.05, 0) is 17.5 Å². The largest absolute Gasteiger partial charge is 0.496 e. The topological polar surface area (TPSA) is 71.6 Å². The number of hydrogen-bond acceptors (Lipinski definition) is 7. The van der Waals surface area contributed by atoms with Crippen molar-refractivity contribution in [3.8, 4) is 17.2 Å². The summed E-state index contributed by atoms with van der Waals surface area (Å²) in [6, 6.07) is 9.79. The van der Waals surface area contributed by atoms with E-state index >= 15 is 0 Å². The third-order valence-electron chi connectivity index (χ3n) is 3.60. The molecule has 0 unspecified atom stereocenters. The molecule has 0 bridgehead atoms. The lowest BCUT2D eigenvalue weighted by atomic mass is 10.2. The summed E-state index contributed by atoms with van der Waals surface area (Å²) in [5.74, 6) is 1.94. The number of hydrogen-bond donors (Lipinski definition) is 1. The molecule has 0 fully saturated rings. The summed E-state index contributed by atoms with van der Waals surface area (Å²) >= 11 is 1.59. The van der Waals surface area contributed by atoms with Gasteiger partial charge in [0.1, 0.15) is 5.75 Å². The molecule has 3 rings (SSSR count). The Morgan fingerprint density at radius 2 is 2.12 bits per heavy atom. The lowest BCUT2D eigenvalue weighted by Crippen LogP contribution is -2.26. The highest BCUT2D eigenvalue weighted by atomic mass is 32.1. The van der Waals surface area contributed by atoms with Gasteiger partial charge < -0.3 is 14.4 Å². The number of benzene rings is 1. The molecule has 0 spiro atoms. The summed E-state index contributed by atoms with van der Waals surface area (Å²) in [6.07, 6.45) is 0. The second kappa shape index (κ2) is 8.05. The number of rotatable bonds is 8. The number of aliphatic hydroxyl groups is 1. The van der Waals surface area contributed by atoms with Gasteiger partial charge in [-0.3, -0.25) is 4.90 Å². The van der Waals surface area contributed by atoms with Crippen LogP contribution in [-0.2, 0) is 13.1 Å². The van der Waals surface area contributed by atoms with Crippen molar-refractivity contribution in [2.45, 2.75) is 13.1 Å². The Kier molecular flexibility index (Phi) is 5.58. The third-order valence-corrected chi connectivity index (χ3v) is 4.29. The van der Waals surface area contributed by atoms with Gasteiger partial charge in [-0.2, -0.15) is 16.3 Å². The van der Waals surface area contributed by atoms with Crippen molar-refractivity contribution in [1.82, 2.24) is 15.0 Å². The first kappa shape index (κ1) is 16.6. The number of nitrogens with zero attached hydrogens (tertiary/aromatic N) is 3. The minimum atomic E-state index is 0.0599. The van der Waals surface area contributed by atoms with Crippen molar-refractivity contribution < 1.29 is 14.4 Å². The van der Waals surface area contributed by atoms with Crippen molar-refractivity contribution in [2.24, 2.45) is 0 Å². The molecule has 7 heteroatoms. The van der Waals surface area contributed by atoms with Crippen molar-refractivity contribution in [2.75, 3.05) is 20.3 Å². The molecular formula is C17H19N3O3S. The Hall–Kier alpha value is -2.22. The van der Waals surface area contributed by atoms with Crippen molar-refractivity contribution in [1.29, 1.82) is 0 Å². The molecule has 0 atom stereocenters. The molecule has 126 valence electrons. The van der Waals surface area contributed by atoms with Gasteiger partial charge in [-0.25, -0.2) is 0 Å². The fourth-order valence-corrected chi connectivity index (χ4v) is 3.08. The zero-order valence-electron chi connectivity index (χ0n) is 13.4. The number of aliphatic hydroxyl groups excluding tert-OH is 1. The van der Waals surface area contributed by atoms with Gasteiger partial charge in [0.15, 0.2) is 5.82 Å². The molecule has 0 radical (unpaired) electrons. The Bertz CT molecular complexity index is 758. The van der Waals surface area contributed by atoms with E-state index in [1.165, 1.54) is 0 Å². The van der Waals surface area contributed by atoms with Crippen LogP contribution in [0.2, 0.25) is 0 Å². The Balaban J connectivity index is 1.72. The molecule has 6 nitrogen and oxygen atoms in total. The Morgan fingerprint density at radius 1 is 1.25 bits per heavy atom. The molecule has 3 aromatic rings. The van der Waals surface area contributed by atoms with E-state index in [9.17, 15) is 5.11 Å². The molecule has 2 aromatic heterocycles. The first-order valence-electron chi connectivity index (χ1n) is 7.60. The van der Waals surface area contributed by atoms with Crippen molar-refractivity contribution in [3.05, 3.63) is 52.5 Å². The van der Waals surface area contributed by atoms with Gasteiger partial charge in [0.25, 0.3) is 5.89 Å². The maximum Gasteiger partial charge on any atom is 0.258 e. The van der Waals surface area contributed by atoms with Gasteiger partial charge in [0, 0.05) is 24.0 Å². The van der Waals surface area contributed by atoms with Crippen LogP contribution in [0, 0.1) is 0 Å². The molecule has 0 amide bonds. The molecule has 0 saturated carbocycles. The van der Waals surface area contributed by atoms with E-state index in [0.717, 1.165) is 16.9 Å². The average molecular weight is 345 g/mol. The average Bonchev–Trinajstić information content (AvgIpc) is 3.26. The summed E-state index contributed by atoms with van der Waals surface area (Å²) in [5.41, 5.74) is 1.98. The second-order valence-corrected chi connectivity index (χ2v) is 6.05. The molecule has 0 saturated heterocycles. The van der Waals surface area contributed by atoms with E-state index in [1.807, 2.05) is 41.1 Å². The highest BCUT2D eigenvalue weighted by molar-refractivity contribution is 7.08.